The van der Waals surface area contributed by atoms with Gasteiger partial charge in [0.25, 0.3) is 0 Å². The molecule has 0 aliphatic rings. The summed E-state index contributed by atoms with van der Waals surface area (Å²) < 4.78 is 8.20. The quantitative estimate of drug-likeness (QED) is 0.0494. The number of rotatable bonds is 11. The topological polar surface area (TPSA) is 135 Å². The average Bonchev–Trinajstić information content (AvgIpc) is 0.841. The molecule has 0 atom stereocenters. The van der Waals surface area contributed by atoms with Crippen molar-refractivity contribution in [3.63, 3.8) is 0 Å². The van der Waals surface area contributed by atoms with Crippen molar-refractivity contribution in [1.29, 1.82) is 0 Å². The third-order valence-electron chi connectivity index (χ3n) is 16.5. The van der Waals surface area contributed by atoms with Crippen LogP contribution < -0.4 is 0 Å². The Morgan fingerprint density at radius 1 is 0.269 bits per heavy atom. The molecule has 0 aromatic heterocycles. The molecular weight excluding hydrogens is 2120 g/mol. The molecule has 5 N–H and O–H groups in total. The van der Waals surface area contributed by atoms with Gasteiger partial charge in [0, 0.05) is 70.7 Å². The lowest BCUT2D eigenvalue weighted by atomic mass is 9.96. The van der Waals surface area contributed by atoms with Crippen molar-refractivity contribution in [3.05, 3.63) is 276 Å². The number of hydrogen-bond acceptors (Lipinski definition) is 7. The molecule has 7 nitrogen and oxygen atoms in total. The number of halogens is 11. The highest BCUT2D eigenvalue weighted by Gasteiger charge is 2.13. The monoisotopic (exact) mass is 2220 g/mol. The third-order valence-corrected chi connectivity index (χ3v) is 22.6. The van der Waals surface area contributed by atoms with Crippen molar-refractivity contribution in [2.24, 2.45) is 0 Å². The lowest BCUT2D eigenvalue weighted by Crippen LogP contribution is -1.96. The maximum Gasteiger partial charge on any atom is 0.150 e. The fraction of sp³-hybridized carbons (Fsp3) is 0.378. The molecule has 0 radical (unpaired) electrons. The van der Waals surface area contributed by atoms with Crippen LogP contribution in [0.5, 0.6) is 28.7 Å². The number of hydrogen-bond donors (Lipinski definition) is 5. The number of alkyl halides is 1. The molecule has 0 aliphatic carbocycles. The van der Waals surface area contributed by atoms with Crippen molar-refractivity contribution in [1.82, 2.24) is 0 Å². The Kier molecular flexibility index (Phi) is 55.6. The van der Waals surface area contributed by atoms with Crippen LogP contribution in [0.2, 0.25) is 0 Å². The molecule has 0 bridgehead atoms. The van der Waals surface area contributed by atoms with E-state index in [2.05, 4.69) is 365 Å². The van der Waals surface area contributed by atoms with E-state index >= 15 is 0 Å². The summed E-state index contributed by atoms with van der Waals surface area (Å²) >= 11 is 35.0. The van der Waals surface area contributed by atoms with Crippen LogP contribution in [-0.2, 0) is 0 Å². The van der Waals surface area contributed by atoms with Gasteiger partial charge in [-0.2, -0.15) is 0 Å². The minimum atomic E-state index is 0.316. The zero-order valence-electron chi connectivity index (χ0n) is 67.4. The summed E-state index contributed by atoms with van der Waals surface area (Å²) in [4.78, 5) is 23.4. The van der Waals surface area contributed by atoms with Crippen molar-refractivity contribution in [2.45, 2.75) is 219 Å². The summed E-state index contributed by atoms with van der Waals surface area (Å²) in [7, 11) is 0. The summed E-state index contributed by atoms with van der Waals surface area (Å²) in [6.07, 6.45) is 1.81. The molecule has 9 rings (SSSR count). The number of carbonyl (C=O) groups excluding carboxylic acids is 2. The molecule has 0 heterocycles. The van der Waals surface area contributed by atoms with Crippen LogP contribution in [0.4, 0.5) is 0 Å². The third kappa shape index (κ3) is 40.2. The lowest BCUT2D eigenvalue weighted by molar-refractivity contribution is 0.111. The zero-order chi connectivity index (χ0) is 83.9. The fourth-order valence-electron chi connectivity index (χ4n) is 9.78. The maximum absolute atomic E-state index is 10.8. The second kappa shape index (κ2) is 56.2. The van der Waals surface area contributed by atoms with Gasteiger partial charge in [0.05, 0.1) is 4.47 Å². The van der Waals surface area contributed by atoms with E-state index in [0.29, 0.717) is 82.0 Å². The molecule has 18 heteroatoms. The number of carbonyl (C=O) groups is 2. The molecule has 0 fully saturated rings. The van der Waals surface area contributed by atoms with Crippen LogP contribution >= 0.6 is 178 Å². The van der Waals surface area contributed by atoms with Gasteiger partial charge in [0.2, 0.25) is 0 Å². The Hall–Kier alpha value is -3.15. The first kappa shape index (κ1) is 107. The molecule has 0 aliphatic heterocycles. The lowest BCUT2D eigenvalue weighted by Gasteiger charge is -2.10. The van der Waals surface area contributed by atoms with Gasteiger partial charge in [-0.3, -0.25) is 9.59 Å². The number of phenols is 5. The van der Waals surface area contributed by atoms with Crippen LogP contribution in [0, 0.1) is 41.5 Å². The Balaban J connectivity index is 0. The normalized spacial score (nSPS) is 10.3. The molecule has 0 unspecified atom stereocenters. The second-order valence-corrected chi connectivity index (χ2v) is 35.3. The highest BCUT2D eigenvalue weighted by atomic mass is 127. The average molecular weight is 2230 g/mol. The van der Waals surface area contributed by atoms with E-state index in [1.54, 1.807) is 42.5 Å². The van der Waals surface area contributed by atoms with Crippen molar-refractivity contribution < 1.29 is 35.1 Å². The van der Waals surface area contributed by atoms with E-state index in [0.717, 1.165) is 89.5 Å². The molecule has 594 valence electrons. The van der Waals surface area contributed by atoms with Crippen LogP contribution in [0.25, 0.3) is 0 Å². The summed E-state index contributed by atoms with van der Waals surface area (Å²) in [5.41, 5.74) is 19.4. The van der Waals surface area contributed by atoms with Crippen molar-refractivity contribution in [2.75, 3.05) is 4.93 Å². The number of benzene rings is 9. The second-order valence-electron chi connectivity index (χ2n) is 28.5. The Labute approximate surface area is 746 Å². The van der Waals surface area contributed by atoms with Gasteiger partial charge >= 0.3 is 0 Å². The van der Waals surface area contributed by atoms with Gasteiger partial charge in [0.1, 0.15) is 41.3 Å². The van der Waals surface area contributed by atoms with Crippen LogP contribution in [0.3, 0.4) is 0 Å². The van der Waals surface area contributed by atoms with E-state index in [1.807, 2.05) is 87.2 Å². The zero-order valence-corrected chi connectivity index (χ0v) is 85.4. The summed E-state index contributed by atoms with van der Waals surface area (Å²) in [6.45, 7) is 50.5. The van der Waals surface area contributed by atoms with Crippen LogP contribution in [0.15, 0.2) is 181 Å². The summed E-state index contributed by atoms with van der Waals surface area (Å²) in [6, 6.07) is 46.8. The molecule has 0 amide bonds. The van der Waals surface area contributed by atoms with Crippen LogP contribution in [0.1, 0.15) is 282 Å². The summed E-state index contributed by atoms with van der Waals surface area (Å²) in [5, 5.41) is 46.5. The maximum atomic E-state index is 10.8. The van der Waals surface area contributed by atoms with E-state index < -0.39 is 0 Å². The minimum Gasteiger partial charge on any atom is -0.508 e. The first-order valence-electron chi connectivity index (χ1n) is 35.6. The van der Waals surface area contributed by atoms with Crippen LogP contribution in [-0.4, -0.2) is 43.0 Å². The van der Waals surface area contributed by atoms with Crippen molar-refractivity contribution >= 4 is 191 Å². The number of aromatic hydroxyl groups is 5. The van der Waals surface area contributed by atoms with E-state index in [-0.39, 0.29) is 0 Å². The Morgan fingerprint density at radius 2 is 0.611 bits per heavy atom. The Bertz CT molecular complexity index is 3990. The molecule has 9 aromatic rings. The van der Waals surface area contributed by atoms with E-state index in [9.17, 15) is 24.9 Å². The Morgan fingerprint density at radius 3 is 1.02 bits per heavy atom. The van der Waals surface area contributed by atoms with Gasteiger partial charge < -0.3 is 25.5 Å². The van der Waals surface area contributed by atoms with E-state index in [4.69, 9.17) is 10.2 Å². The molecular formula is C90H115Br10IO7. The smallest absolute Gasteiger partial charge is 0.150 e. The molecule has 9 aromatic carbocycles. The van der Waals surface area contributed by atoms with Crippen molar-refractivity contribution in [3.8, 4) is 28.7 Å². The van der Waals surface area contributed by atoms with Gasteiger partial charge in [-0.1, -0.05) is 331 Å². The standard InChI is InChI=1S/2C11H13BrO.2C10H13BrO.2C10H13Br.2C9H11BrO.C9H12O.CH3I.Br2/c1-7(2)10-4-8(3)11(12)5-9(10)6-13;1-7(2)10-4-8(3)9(6-13)5-11(10)12;1-6(2)8-4-7(3)10(12)5-9(8)11;1-6(2)8-4-7(3)9(11)5-10(8)12;1-7(2)9-4-5-10(11)8(3)6-9;1-7(2)9-6-8(3)4-5-10(9)11;1-6(2)8-5-7(11)3-4-9(8)10;1-6(2)7-3-4-8(10)9(11)5-7;1-7(2)8-4-3-5-9(10)6-8;2*1-2/h2*4-7H,1-3H3;2*4-6,12H,1-3H3;2*4-7H,1-3H3;2*3-6,11H,1-2H3;3-7,10H,1-2H3;1H3;. The first-order chi connectivity index (χ1) is 50.3. The number of aldehydes is 2. The SMILES string of the molecule is BrBr.CC(C)c1cc(O)ccc1Br.CC(C)c1ccc(Br)c(O)c1.CC(C)c1cccc(O)c1.CI.Cc1cc(C(C)C)c(Br)cc1C=O.Cc1cc(C(C)C)c(Br)cc1O.Cc1cc(C(C)C)c(C=O)cc1Br.Cc1cc(C(C)C)c(O)cc1Br.Cc1cc(C(C)C)ccc1Br.Cc1ccc(Br)c(C(C)C)c1. The van der Waals surface area contributed by atoms with Gasteiger partial charge in [-0.25, -0.2) is 0 Å². The largest absolute Gasteiger partial charge is 0.508 e. The molecule has 108 heavy (non-hydrogen) atoms. The minimum absolute atomic E-state index is 0.316. The van der Waals surface area contributed by atoms with E-state index in [1.165, 1.54) is 53.5 Å². The predicted octanol–water partition coefficient (Wildman–Crippen LogP) is 34.1. The fourth-order valence-corrected chi connectivity index (χ4v) is 14.0. The number of phenolic OH excluding ortho intramolecular Hbond substituents is 5. The van der Waals surface area contributed by atoms with Gasteiger partial charge in [0.15, 0.2) is 0 Å². The van der Waals surface area contributed by atoms with Gasteiger partial charge in [-0.15, -0.1) is 0 Å². The molecule has 0 saturated heterocycles. The van der Waals surface area contributed by atoms with Gasteiger partial charge in [-0.05, 0) is 272 Å². The summed E-state index contributed by atoms with van der Waals surface area (Å²) in [5.74, 6) is 6.09. The molecule has 0 spiro atoms. The predicted molar refractivity (Wildman–Crippen MR) is 512 cm³/mol. The highest BCUT2D eigenvalue weighted by molar-refractivity contribution is 14.1. The molecule has 0 saturated carbocycles. The number of aryl methyl sites for hydroxylation is 6. The highest BCUT2D eigenvalue weighted by Crippen LogP contribution is 2.35. The first-order valence-corrected chi connectivity index (χ1v) is 47.8.